The zero-order chi connectivity index (χ0) is 17.6. The second-order valence-corrected chi connectivity index (χ2v) is 5.97. The third-order valence-corrected chi connectivity index (χ3v) is 4.07. The number of rotatable bonds is 5. The number of hydrogen-bond donors (Lipinski definition) is 2. The van der Waals surface area contributed by atoms with Gasteiger partial charge in [0, 0.05) is 11.6 Å². The van der Waals surface area contributed by atoms with Crippen molar-refractivity contribution in [1.82, 2.24) is 20.8 Å². The van der Waals surface area contributed by atoms with Crippen LogP contribution in [0.2, 0.25) is 0 Å². The van der Waals surface area contributed by atoms with Gasteiger partial charge in [-0.05, 0) is 44.0 Å². The Bertz CT molecular complexity index is 709. The number of aromatic nitrogens is 2. The van der Waals surface area contributed by atoms with Gasteiger partial charge in [-0.25, -0.2) is 4.79 Å². The Labute approximate surface area is 145 Å². The molecule has 0 radical (unpaired) electrons. The normalized spacial score (nSPS) is 15.6. The molecule has 0 saturated heterocycles. The van der Waals surface area contributed by atoms with E-state index < -0.39 is 18.0 Å². The summed E-state index contributed by atoms with van der Waals surface area (Å²) in [5.74, 6) is 0.416. The summed E-state index contributed by atoms with van der Waals surface area (Å²) in [6.45, 7) is 1.59. The van der Waals surface area contributed by atoms with Crippen LogP contribution in [-0.4, -0.2) is 34.3 Å². The molecule has 0 bridgehead atoms. The van der Waals surface area contributed by atoms with Crippen LogP contribution in [-0.2, 0) is 4.79 Å². The predicted molar refractivity (Wildman–Crippen MR) is 88.8 cm³/mol. The number of imide groups is 1. The molecule has 0 unspecified atom stereocenters. The molecule has 1 aromatic heterocycles. The number of nitrogens with one attached hydrogen (secondary N) is 2. The molecule has 1 aliphatic rings. The Hall–Kier alpha value is -2.90. The first kappa shape index (κ1) is 16.9. The molecule has 1 atom stereocenters. The highest BCUT2D eigenvalue weighted by Gasteiger charge is 2.21. The third-order valence-electron chi connectivity index (χ3n) is 4.07. The van der Waals surface area contributed by atoms with E-state index in [1.165, 1.54) is 6.39 Å². The molecule has 2 aromatic rings. The first-order valence-electron chi connectivity index (χ1n) is 8.26. The van der Waals surface area contributed by atoms with Gasteiger partial charge >= 0.3 is 6.03 Å². The fourth-order valence-corrected chi connectivity index (χ4v) is 2.74. The Morgan fingerprint density at radius 3 is 2.60 bits per heavy atom. The molecule has 2 N–H and O–H groups in total. The summed E-state index contributed by atoms with van der Waals surface area (Å²) >= 11 is 0. The lowest BCUT2D eigenvalue weighted by atomic mass is 10.2. The van der Waals surface area contributed by atoms with Crippen molar-refractivity contribution in [2.24, 2.45) is 0 Å². The van der Waals surface area contributed by atoms with Crippen molar-refractivity contribution in [2.75, 3.05) is 0 Å². The lowest BCUT2D eigenvalue weighted by Crippen LogP contribution is -2.47. The summed E-state index contributed by atoms with van der Waals surface area (Å²) in [7, 11) is 0. The average Bonchev–Trinajstić information content (AvgIpc) is 3.29. The van der Waals surface area contributed by atoms with E-state index in [0.717, 1.165) is 31.2 Å². The topological polar surface area (TPSA) is 106 Å². The van der Waals surface area contributed by atoms with Crippen molar-refractivity contribution < 1.29 is 18.7 Å². The van der Waals surface area contributed by atoms with Gasteiger partial charge in [-0.3, -0.25) is 10.1 Å². The van der Waals surface area contributed by atoms with Gasteiger partial charge in [-0.1, -0.05) is 12.8 Å². The number of carbonyl (C=O) groups excluding carboxylic acids is 2. The van der Waals surface area contributed by atoms with Gasteiger partial charge in [0.1, 0.15) is 5.75 Å². The molecule has 132 valence electrons. The van der Waals surface area contributed by atoms with Gasteiger partial charge in [0.2, 0.25) is 12.3 Å². The number of nitrogens with zero attached hydrogens (tertiary/aromatic N) is 2. The number of benzene rings is 1. The van der Waals surface area contributed by atoms with Crippen LogP contribution in [0.3, 0.4) is 0 Å². The largest absolute Gasteiger partial charge is 0.481 e. The van der Waals surface area contributed by atoms with Gasteiger partial charge < -0.3 is 14.5 Å². The van der Waals surface area contributed by atoms with E-state index in [-0.39, 0.29) is 6.04 Å². The quantitative estimate of drug-likeness (QED) is 0.862. The highest BCUT2D eigenvalue weighted by Crippen LogP contribution is 2.21. The van der Waals surface area contributed by atoms with Crippen molar-refractivity contribution in [3.63, 3.8) is 0 Å². The second-order valence-electron chi connectivity index (χ2n) is 5.97. The standard InChI is InChI=1S/C17H20N4O4/c1-11(15(22)20-17(23)19-13-4-2-3-5-13)25-14-8-6-12(7-9-14)16-21-18-10-24-16/h6-11,13H,2-5H2,1H3,(H2,19,20,22,23)/t11-/m0/s1. The van der Waals surface area contributed by atoms with Gasteiger partial charge in [-0.2, -0.15) is 0 Å². The average molecular weight is 344 g/mol. The van der Waals surface area contributed by atoms with Crippen LogP contribution < -0.4 is 15.4 Å². The van der Waals surface area contributed by atoms with Crippen LogP contribution in [0.25, 0.3) is 11.5 Å². The summed E-state index contributed by atoms with van der Waals surface area (Å²) < 4.78 is 10.7. The molecule has 1 saturated carbocycles. The van der Waals surface area contributed by atoms with Gasteiger partial charge in [0.15, 0.2) is 6.10 Å². The zero-order valence-corrected chi connectivity index (χ0v) is 13.9. The van der Waals surface area contributed by atoms with E-state index in [1.807, 2.05) is 0 Å². The highest BCUT2D eigenvalue weighted by molar-refractivity contribution is 5.96. The molecular formula is C17H20N4O4. The molecular weight excluding hydrogens is 324 g/mol. The smallest absolute Gasteiger partial charge is 0.321 e. The summed E-state index contributed by atoms with van der Waals surface area (Å²) in [5, 5.41) is 12.5. The Morgan fingerprint density at radius 1 is 1.24 bits per heavy atom. The molecule has 0 aliphatic heterocycles. The van der Waals surface area contributed by atoms with Crippen molar-refractivity contribution in [1.29, 1.82) is 0 Å². The van der Waals surface area contributed by atoms with E-state index in [2.05, 4.69) is 20.8 Å². The van der Waals surface area contributed by atoms with Gasteiger partial charge in [0.25, 0.3) is 5.91 Å². The highest BCUT2D eigenvalue weighted by atomic mass is 16.5. The maximum atomic E-state index is 12.1. The van der Waals surface area contributed by atoms with Gasteiger partial charge in [0.05, 0.1) is 0 Å². The molecule has 8 heteroatoms. The summed E-state index contributed by atoms with van der Waals surface area (Å²) in [5.41, 5.74) is 0.748. The van der Waals surface area contributed by atoms with Crippen molar-refractivity contribution in [2.45, 2.75) is 44.8 Å². The number of carbonyl (C=O) groups is 2. The molecule has 1 aliphatic carbocycles. The monoisotopic (exact) mass is 344 g/mol. The molecule has 1 fully saturated rings. The summed E-state index contributed by atoms with van der Waals surface area (Å²) in [6, 6.07) is 6.57. The third kappa shape index (κ3) is 4.56. The van der Waals surface area contributed by atoms with Crippen LogP contribution in [0.1, 0.15) is 32.6 Å². The van der Waals surface area contributed by atoms with Crippen LogP contribution in [0.15, 0.2) is 35.1 Å². The van der Waals surface area contributed by atoms with Crippen LogP contribution in [0, 0.1) is 0 Å². The number of urea groups is 1. The van der Waals surface area contributed by atoms with Crippen LogP contribution in [0.5, 0.6) is 5.75 Å². The Morgan fingerprint density at radius 2 is 1.96 bits per heavy atom. The van der Waals surface area contributed by atoms with E-state index in [1.54, 1.807) is 31.2 Å². The van der Waals surface area contributed by atoms with Crippen molar-refractivity contribution in [3.05, 3.63) is 30.7 Å². The van der Waals surface area contributed by atoms with E-state index in [9.17, 15) is 9.59 Å². The fourth-order valence-electron chi connectivity index (χ4n) is 2.74. The van der Waals surface area contributed by atoms with E-state index in [4.69, 9.17) is 9.15 Å². The number of ether oxygens (including phenoxy) is 1. The number of amides is 3. The van der Waals surface area contributed by atoms with Crippen LogP contribution in [0.4, 0.5) is 4.79 Å². The number of hydrogen-bond acceptors (Lipinski definition) is 6. The first-order valence-corrected chi connectivity index (χ1v) is 8.26. The zero-order valence-electron chi connectivity index (χ0n) is 13.9. The lowest BCUT2D eigenvalue weighted by Gasteiger charge is -2.16. The van der Waals surface area contributed by atoms with E-state index in [0.29, 0.717) is 11.6 Å². The van der Waals surface area contributed by atoms with Crippen LogP contribution >= 0.6 is 0 Å². The first-order chi connectivity index (χ1) is 12.1. The summed E-state index contributed by atoms with van der Waals surface area (Å²) in [4.78, 5) is 23.9. The molecule has 25 heavy (non-hydrogen) atoms. The molecule has 3 rings (SSSR count). The minimum Gasteiger partial charge on any atom is -0.481 e. The second kappa shape index (κ2) is 7.78. The molecule has 1 aromatic carbocycles. The fraction of sp³-hybridized carbons (Fsp3) is 0.412. The predicted octanol–water partition coefficient (Wildman–Crippen LogP) is 2.27. The van der Waals surface area contributed by atoms with Crippen molar-refractivity contribution >= 4 is 11.9 Å². The maximum Gasteiger partial charge on any atom is 0.321 e. The van der Waals surface area contributed by atoms with E-state index >= 15 is 0 Å². The Balaban J connectivity index is 1.49. The molecule has 1 heterocycles. The minimum absolute atomic E-state index is 0.154. The molecule has 3 amide bonds. The van der Waals surface area contributed by atoms with Gasteiger partial charge in [-0.15, -0.1) is 10.2 Å². The molecule has 0 spiro atoms. The maximum absolute atomic E-state index is 12.1. The Kier molecular flexibility index (Phi) is 5.27. The minimum atomic E-state index is -0.802. The van der Waals surface area contributed by atoms with Crippen molar-refractivity contribution in [3.8, 4) is 17.2 Å². The summed E-state index contributed by atoms with van der Waals surface area (Å²) in [6.07, 6.45) is 4.59. The molecule has 8 nitrogen and oxygen atoms in total. The lowest BCUT2D eigenvalue weighted by molar-refractivity contribution is -0.126. The SMILES string of the molecule is C[C@H](Oc1ccc(-c2nnco2)cc1)C(=O)NC(=O)NC1CCCC1.